The summed E-state index contributed by atoms with van der Waals surface area (Å²) in [6.45, 7) is 16.4. The molecule has 0 heterocycles. The first-order valence-corrected chi connectivity index (χ1v) is 19.0. The van der Waals surface area contributed by atoms with Crippen molar-refractivity contribution < 1.29 is 26.6 Å². The van der Waals surface area contributed by atoms with Crippen LogP contribution in [0.2, 0.25) is 12.1 Å². The molecule has 0 aromatic carbocycles. The van der Waals surface area contributed by atoms with Crippen molar-refractivity contribution in [3.8, 4) is 0 Å². The van der Waals surface area contributed by atoms with E-state index in [-0.39, 0.29) is 5.54 Å². The van der Waals surface area contributed by atoms with Crippen LogP contribution in [0.15, 0.2) is 0 Å². The molecule has 224 valence electrons. The third-order valence-electron chi connectivity index (χ3n) is 6.63. The lowest BCUT2D eigenvalue weighted by Gasteiger charge is -2.34. The minimum absolute atomic E-state index is 0.243. The SMILES string of the molecule is CCO[Si](CCCC(N)(CCCCCCCCN)CCC[Si](OCC)(OCC)OCC)(OCC)OCC. The van der Waals surface area contributed by atoms with Crippen molar-refractivity contribution in [3.05, 3.63) is 0 Å². The topological polar surface area (TPSA) is 107 Å². The molecule has 10 heteroatoms. The highest BCUT2D eigenvalue weighted by molar-refractivity contribution is 6.61. The molecule has 0 saturated carbocycles. The Kier molecular flexibility index (Phi) is 23.0. The molecule has 4 N–H and O–H groups in total. The van der Waals surface area contributed by atoms with Crippen LogP contribution in [0.3, 0.4) is 0 Å². The lowest BCUT2D eigenvalue weighted by atomic mass is 9.84. The fourth-order valence-electron chi connectivity index (χ4n) is 5.02. The predicted octanol–water partition coefficient (Wildman–Crippen LogP) is 6.03. The Morgan fingerprint density at radius 2 is 0.757 bits per heavy atom. The van der Waals surface area contributed by atoms with Gasteiger partial charge in [-0.25, -0.2) is 0 Å². The van der Waals surface area contributed by atoms with Crippen LogP contribution in [0, 0.1) is 0 Å². The molecule has 0 bridgehead atoms. The van der Waals surface area contributed by atoms with Crippen molar-refractivity contribution in [1.82, 2.24) is 0 Å². The van der Waals surface area contributed by atoms with E-state index in [0.717, 1.165) is 63.6 Å². The molecule has 8 nitrogen and oxygen atoms in total. The highest BCUT2D eigenvalue weighted by Gasteiger charge is 2.42. The Hall–Kier alpha value is 0.114. The van der Waals surface area contributed by atoms with Gasteiger partial charge in [0.25, 0.3) is 0 Å². The van der Waals surface area contributed by atoms with Crippen LogP contribution < -0.4 is 11.5 Å². The van der Waals surface area contributed by atoms with Gasteiger partial charge in [0, 0.05) is 57.3 Å². The summed E-state index contributed by atoms with van der Waals surface area (Å²) in [7, 11) is -5.33. The largest absolute Gasteiger partial charge is 0.500 e. The second-order valence-electron chi connectivity index (χ2n) is 9.69. The maximum Gasteiger partial charge on any atom is 0.500 e. The fourth-order valence-corrected chi connectivity index (χ4v) is 10.2. The first kappa shape index (κ1) is 37.1. The zero-order valence-electron chi connectivity index (χ0n) is 25.2. The Balaban J connectivity index is 5.22. The number of rotatable bonds is 28. The maximum atomic E-state index is 7.13. The third kappa shape index (κ3) is 16.7. The minimum Gasteiger partial charge on any atom is -0.374 e. The number of hydrogen-bond acceptors (Lipinski definition) is 8. The summed E-state index contributed by atoms with van der Waals surface area (Å²) in [5.41, 5.74) is 12.5. The van der Waals surface area contributed by atoms with Crippen molar-refractivity contribution >= 4 is 17.6 Å². The Morgan fingerprint density at radius 3 is 1.08 bits per heavy atom. The van der Waals surface area contributed by atoms with Gasteiger partial charge in [-0.3, -0.25) is 0 Å². The molecule has 0 amide bonds. The van der Waals surface area contributed by atoms with E-state index in [9.17, 15) is 0 Å². The van der Waals surface area contributed by atoms with Crippen LogP contribution in [-0.2, 0) is 26.6 Å². The third-order valence-corrected chi connectivity index (χ3v) is 12.9. The van der Waals surface area contributed by atoms with Crippen LogP contribution in [-0.4, -0.2) is 69.3 Å². The standard InChI is InChI=1S/C27H62N2O6Si2/c1-7-30-36(31-8-2,32-9-3)25-19-22-27(29,21-17-15-13-14-16-18-24-28)23-20-26-37(33-10-4,34-11-5)35-12-6/h7-26,28-29H2,1-6H3. The molecular weight excluding hydrogens is 504 g/mol. The van der Waals surface area contributed by atoms with Crippen molar-refractivity contribution in [2.24, 2.45) is 11.5 Å². The maximum absolute atomic E-state index is 7.13. The smallest absolute Gasteiger partial charge is 0.374 e. The van der Waals surface area contributed by atoms with Crippen LogP contribution in [0.5, 0.6) is 0 Å². The minimum atomic E-state index is -2.66. The van der Waals surface area contributed by atoms with Gasteiger partial charge in [0.1, 0.15) is 0 Å². The van der Waals surface area contributed by atoms with Crippen molar-refractivity contribution in [2.45, 2.75) is 130 Å². The number of nitrogens with two attached hydrogens (primary N) is 2. The van der Waals surface area contributed by atoms with Crippen molar-refractivity contribution in [1.29, 1.82) is 0 Å². The van der Waals surface area contributed by atoms with Crippen molar-refractivity contribution in [2.75, 3.05) is 46.2 Å². The lowest BCUT2D eigenvalue weighted by Crippen LogP contribution is -2.48. The second kappa shape index (κ2) is 22.9. The van der Waals surface area contributed by atoms with E-state index in [2.05, 4.69) is 0 Å². The molecular formula is C27H62N2O6Si2. The quantitative estimate of drug-likeness (QED) is 0.0873. The highest BCUT2D eigenvalue weighted by atomic mass is 28.4. The van der Waals surface area contributed by atoms with E-state index >= 15 is 0 Å². The van der Waals surface area contributed by atoms with E-state index in [1.807, 2.05) is 41.5 Å². The van der Waals surface area contributed by atoms with Gasteiger partial charge in [0.15, 0.2) is 0 Å². The van der Waals surface area contributed by atoms with Crippen LogP contribution in [0.25, 0.3) is 0 Å². The zero-order chi connectivity index (χ0) is 27.9. The molecule has 0 aliphatic heterocycles. The van der Waals surface area contributed by atoms with Gasteiger partial charge in [0.2, 0.25) is 0 Å². The van der Waals surface area contributed by atoms with Gasteiger partial charge >= 0.3 is 17.6 Å². The fraction of sp³-hybridized carbons (Fsp3) is 1.00. The Bertz CT molecular complexity index is 453. The normalized spacial score (nSPS) is 13.0. The van der Waals surface area contributed by atoms with Gasteiger partial charge in [-0.1, -0.05) is 32.1 Å². The van der Waals surface area contributed by atoms with E-state index in [4.69, 9.17) is 38.0 Å². The summed E-state index contributed by atoms with van der Waals surface area (Å²) < 4.78 is 36.5. The average molecular weight is 567 g/mol. The van der Waals surface area contributed by atoms with Crippen LogP contribution in [0.4, 0.5) is 0 Å². The molecule has 0 saturated heterocycles. The number of hydrogen-bond donors (Lipinski definition) is 2. The second-order valence-corrected chi connectivity index (χ2v) is 15.2. The summed E-state index contributed by atoms with van der Waals surface area (Å²) in [5, 5.41) is 0. The van der Waals surface area contributed by atoms with Crippen LogP contribution >= 0.6 is 0 Å². The van der Waals surface area contributed by atoms with Gasteiger partial charge in [-0.15, -0.1) is 0 Å². The molecule has 0 radical (unpaired) electrons. The van der Waals surface area contributed by atoms with Gasteiger partial charge in [-0.2, -0.15) is 0 Å². The van der Waals surface area contributed by atoms with Gasteiger partial charge in [-0.05, 0) is 86.6 Å². The van der Waals surface area contributed by atoms with Crippen molar-refractivity contribution in [3.63, 3.8) is 0 Å². The molecule has 0 aromatic heterocycles. The Morgan fingerprint density at radius 1 is 0.459 bits per heavy atom. The monoisotopic (exact) mass is 566 g/mol. The van der Waals surface area contributed by atoms with E-state index < -0.39 is 17.6 Å². The van der Waals surface area contributed by atoms with E-state index in [0.29, 0.717) is 39.6 Å². The van der Waals surface area contributed by atoms with Gasteiger partial charge in [0.05, 0.1) is 0 Å². The molecule has 0 rings (SSSR count). The summed E-state index contributed by atoms with van der Waals surface area (Å²) in [6.07, 6.45) is 12.0. The summed E-state index contributed by atoms with van der Waals surface area (Å²) in [4.78, 5) is 0. The molecule has 37 heavy (non-hydrogen) atoms. The summed E-state index contributed by atoms with van der Waals surface area (Å²) in [6, 6.07) is 1.60. The Labute approximate surface area is 231 Å². The summed E-state index contributed by atoms with van der Waals surface area (Å²) >= 11 is 0. The molecule has 0 aliphatic rings. The highest BCUT2D eigenvalue weighted by Crippen LogP contribution is 2.30. The molecule has 0 fully saturated rings. The summed E-state index contributed by atoms with van der Waals surface area (Å²) in [5.74, 6) is 0. The molecule has 0 aromatic rings. The van der Waals surface area contributed by atoms with Crippen LogP contribution in [0.1, 0.15) is 112 Å². The molecule has 0 spiro atoms. The predicted molar refractivity (Wildman–Crippen MR) is 158 cm³/mol. The van der Waals surface area contributed by atoms with E-state index in [1.54, 1.807) is 0 Å². The van der Waals surface area contributed by atoms with E-state index in [1.165, 1.54) is 25.7 Å². The first-order valence-electron chi connectivity index (χ1n) is 15.2. The zero-order valence-corrected chi connectivity index (χ0v) is 27.2. The molecule has 0 aliphatic carbocycles. The lowest BCUT2D eigenvalue weighted by molar-refractivity contribution is 0.0698. The van der Waals surface area contributed by atoms with Gasteiger partial charge < -0.3 is 38.0 Å². The molecule has 0 unspecified atom stereocenters. The average Bonchev–Trinajstić information content (AvgIpc) is 2.84. The first-order chi connectivity index (χ1) is 17.8. The molecule has 0 atom stereocenters. The number of unbranched alkanes of at least 4 members (excludes halogenated alkanes) is 5.